The maximum atomic E-state index is 14.0. The van der Waals surface area contributed by atoms with Crippen LogP contribution in [-0.4, -0.2) is 151 Å². The second-order valence-corrected chi connectivity index (χ2v) is 44.2. The first-order valence-electron chi connectivity index (χ1n) is 49.8. The van der Waals surface area contributed by atoms with Crippen molar-refractivity contribution in [1.29, 1.82) is 0 Å². The second kappa shape index (κ2) is 41.2. The number of carboxylic acids is 1. The summed E-state index contributed by atoms with van der Waals surface area (Å²) < 4.78 is 27.2. The van der Waals surface area contributed by atoms with Gasteiger partial charge in [0, 0.05) is 88.8 Å². The molecule has 21 rings (SSSR count). The molecule has 146 heavy (non-hydrogen) atoms. The molecule has 0 aromatic heterocycles. The Morgan fingerprint density at radius 3 is 0.836 bits per heavy atom. The number of carbonyl (C=O) groups is 6. The highest BCUT2D eigenvalue weighted by Gasteiger charge is 2.86. The molecule has 6 fully saturated rings. The van der Waals surface area contributed by atoms with Gasteiger partial charge in [0.1, 0.15) is 39.2 Å². The molecule has 19 nitrogen and oxygen atoms in total. The molecule has 6 saturated carbocycles. The van der Waals surface area contributed by atoms with Crippen molar-refractivity contribution in [3.63, 3.8) is 0 Å². The Bertz CT molecular complexity index is 6240. The first-order chi connectivity index (χ1) is 67.0. The Hall–Kier alpha value is -11.6. The number of ketones is 3. The number of hydrogen-bond acceptors (Lipinski definition) is 18. The summed E-state index contributed by atoms with van der Waals surface area (Å²) in [6.07, 6.45) is 13.0. The second-order valence-electron chi connectivity index (χ2n) is 44.2. The van der Waals surface area contributed by atoms with Gasteiger partial charge in [0.05, 0.1) is 61.5 Å². The summed E-state index contributed by atoms with van der Waals surface area (Å²) in [5.74, 6) is -8.12. The first-order valence-corrected chi connectivity index (χ1v) is 49.8. The van der Waals surface area contributed by atoms with Gasteiger partial charge in [-0.3, -0.25) is 28.8 Å². The SMILES string of the molecule is C.C.C.C.C.CC1=C[C@H]2[C@@]3(O)[C@H](C)C[C@]4(O)[C@H]([C@@H]3C=C(COC(c3ccccc3)(c3ccccc3)c3ccccc3)C[C@]2(O)C1=O)C4(C)C.CC1=C[C@H]2[C@@]3(O)[C@H](C)C[C@]4(OC(=O)Cc5ccccc5)[C@H]([C@@H]3C=C(CO)C[C@]2(O)C1=O)C4(C)C.CC1=C[C@H]2[C@@]3(O)[C@H](C)C[C@]4(OC(=O)Cc5ccccc5)[C@H]([C@@H]3C=C(COC(c3ccccc3)(c3ccccc3)c3ccccc3)C[C@]2(O)C1=O)C4(C)C.O=C(O)Cc1ccccc1. The zero-order chi connectivity index (χ0) is 100. The van der Waals surface area contributed by atoms with Gasteiger partial charge >= 0.3 is 17.9 Å². The van der Waals surface area contributed by atoms with Gasteiger partial charge in [0.2, 0.25) is 0 Å². The van der Waals surface area contributed by atoms with Gasteiger partial charge in [-0.2, -0.15) is 0 Å². The molecular weight excluding hydrogens is 1830 g/mol. The molecule has 0 amide bonds. The largest absolute Gasteiger partial charge is 0.481 e. The standard InChI is InChI=1S/C47H48O6.C39H42O5.C28H34O6.C8H8O2.5CH4/c1-31-25-39-44(50,42(31)49)29-34(30-52-47(35-19-11-6-12-20-35,36-21-13-7-14-22-36)37-23-15-8-16-24-37)26-38-41-43(3,4)45(41,28-32(2)46(38,39)51)53-40(48)27-33-17-9-5-10-18-33;1-25-20-32-36(41,34(25)40)23-27(21-31-33-35(3,4)37(33,42)22-26(2)38(31,32)43)24-44-39(28-14-8-5-9-15-28,29-16-10-6-11-17-29)30-18-12-7-13-19-30;1-16-10-21-26(32,24(16)31)14-19(15-29)11-20-23-25(3,4)27(23,13-17(2)28(20,21)33)34-22(30)12-18-8-6-5-7-9-18;9-8(10)6-7-4-2-1-3-5-7;;;;;/h5-26,32,38-39,41,50-51H,27-30H2,1-4H3;5-21,26,31-33,41-43H,22-24H2,1-4H3;5-11,17,20-21,23,29,32-33H,12-15H2,1-4H3;1-5H,6H2,(H,9,10);5*1H4/t32-,38+,39-,41-,44-,45+,46-;26-,31+,32-,33-,36-,37+,38-;17-,20+,21-,23-,26-,27+,28-;;;;;;/m111....../s1. The van der Waals surface area contributed by atoms with Crippen LogP contribution in [0.15, 0.2) is 343 Å². The fourth-order valence-corrected chi connectivity index (χ4v) is 28.3. The van der Waals surface area contributed by atoms with Crippen LogP contribution in [0.5, 0.6) is 0 Å². The number of rotatable bonds is 21. The van der Waals surface area contributed by atoms with Crippen molar-refractivity contribution in [2.24, 2.45) is 87.3 Å². The molecule has 19 heteroatoms. The van der Waals surface area contributed by atoms with E-state index in [0.717, 1.165) is 61.2 Å². The Morgan fingerprint density at radius 1 is 0.329 bits per heavy atom. The van der Waals surface area contributed by atoms with Crippen LogP contribution < -0.4 is 0 Å². The lowest BCUT2D eigenvalue weighted by Crippen LogP contribution is -2.61. The van der Waals surface area contributed by atoms with Crippen molar-refractivity contribution in [1.82, 2.24) is 0 Å². The molecule has 9 aromatic rings. The smallest absolute Gasteiger partial charge is 0.310 e. The molecule has 774 valence electrons. The fraction of sp³-hybridized carbons (Fsp3) is 0.433. The topological polar surface area (TPSA) is 321 Å². The van der Waals surface area contributed by atoms with Gasteiger partial charge in [-0.1, -0.05) is 409 Å². The average molecular weight is 1980 g/mol. The predicted molar refractivity (Wildman–Crippen MR) is 570 cm³/mol. The number of hydrogen-bond donors (Lipinski definition) is 9. The van der Waals surface area contributed by atoms with Crippen molar-refractivity contribution >= 4 is 35.3 Å². The maximum Gasteiger partial charge on any atom is 0.310 e. The lowest BCUT2D eigenvalue weighted by Gasteiger charge is -2.50. The summed E-state index contributed by atoms with van der Waals surface area (Å²) in [5.41, 5.74) is -3.85. The lowest BCUT2D eigenvalue weighted by molar-refractivity contribution is -0.187. The summed E-state index contributed by atoms with van der Waals surface area (Å²) in [5, 5.41) is 105. The minimum Gasteiger partial charge on any atom is -0.481 e. The number of aliphatic hydroxyl groups is 8. The number of carbonyl (C=O) groups excluding carboxylic acids is 5. The highest BCUT2D eigenvalue weighted by molar-refractivity contribution is 6.06. The van der Waals surface area contributed by atoms with Gasteiger partial charge in [-0.05, 0) is 141 Å². The molecule has 0 unspecified atom stereocenters. The Kier molecular flexibility index (Phi) is 31.5. The highest BCUT2D eigenvalue weighted by Crippen LogP contribution is 2.80. The van der Waals surface area contributed by atoms with E-state index in [1.165, 1.54) is 0 Å². The van der Waals surface area contributed by atoms with Gasteiger partial charge < -0.3 is 64.9 Å². The van der Waals surface area contributed by atoms with Crippen LogP contribution in [0.2, 0.25) is 0 Å². The van der Waals surface area contributed by atoms with Crippen LogP contribution >= 0.6 is 0 Å². The normalized spacial score (nSPS) is 32.4. The average Bonchev–Trinajstić information content (AvgIpc) is 1.46. The number of carboxylic acid groups (broad SMARTS) is 1. The van der Waals surface area contributed by atoms with Crippen molar-refractivity contribution in [2.75, 3.05) is 19.8 Å². The van der Waals surface area contributed by atoms with Gasteiger partial charge in [-0.15, -0.1) is 0 Å². The van der Waals surface area contributed by atoms with Gasteiger partial charge in [0.25, 0.3) is 0 Å². The summed E-state index contributed by atoms with van der Waals surface area (Å²) in [4.78, 5) is 77.5. The van der Waals surface area contributed by atoms with E-state index < -0.39 is 125 Å². The van der Waals surface area contributed by atoms with Crippen LogP contribution in [0, 0.1) is 87.3 Å². The molecular formula is C127H152O19. The number of aliphatic carboxylic acids is 1. The number of benzene rings is 9. The molecule has 12 aliphatic carbocycles. The molecule has 0 saturated heterocycles. The molecule has 9 aromatic carbocycles. The Labute approximate surface area is 863 Å². The number of esters is 2. The minimum absolute atomic E-state index is 0. The van der Waals surface area contributed by atoms with Crippen LogP contribution in [0.3, 0.4) is 0 Å². The zero-order valence-corrected chi connectivity index (χ0v) is 82.5. The van der Waals surface area contributed by atoms with Crippen LogP contribution in [0.25, 0.3) is 0 Å². The fourth-order valence-electron chi connectivity index (χ4n) is 28.3. The lowest BCUT2D eigenvalue weighted by atomic mass is 9.60. The molecule has 0 heterocycles. The molecule has 9 N–H and O–H groups in total. The Balaban J connectivity index is 0.000000175. The van der Waals surface area contributed by atoms with Crippen molar-refractivity contribution in [3.8, 4) is 0 Å². The first kappa shape index (κ1) is 112. The van der Waals surface area contributed by atoms with Gasteiger partial charge in [-0.25, -0.2) is 0 Å². The summed E-state index contributed by atoms with van der Waals surface area (Å²) in [7, 11) is 0. The molecule has 12 aliphatic rings. The van der Waals surface area contributed by atoms with Crippen molar-refractivity contribution < 1.29 is 93.7 Å². The summed E-state index contributed by atoms with van der Waals surface area (Å²) in [6.45, 7) is 23.3. The number of ether oxygens (including phenoxy) is 4. The molecule has 0 bridgehead atoms. The van der Waals surface area contributed by atoms with Crippen LogP contribution in [-0.2, 0) is 78.2 Å². The van der Waals surface area contributed by atoms with Crippen molar-refractivity contribution in [2.45, 2.75) is 240 Å². The van der Waals surface area contributed by atoms with Crippen LogP contribution in [0.1, 0.15) is 209 Å². The van der Waals surface area contributed by atoms with E-state index in [-0.39, 0.29) is 154 Å². The Morgan fingerprint density at radius 2 is 0.568 bits per heavy atom. The minimum atomic E-state index is -1.85. The van der Waals surface area contributed by atoms with E-state index in [9.17, 15) is 69.6 Å². The molecule has 21 atom stereocenters. The summed E-state index contributed by atoms with van der Waals surface area (Å²) in [6, 6.07) is 88.8. The third-order valence-electron chi connectivity index (χ3n) is 35.5. The van der Waals surface area contributed by atoms with E-state index in [1.54, 1.807) is 51.1 Å². The number of Topliss-reactive ketones (excluding diaryl/α,β-unsaturated/α-hetero) is 3. The third kappa shape index (κ3) is 17.9. The van der Waals surface area contributed by atoms with Gasteiger partial charge in [0.15, 0.2) is 17.3 Å². The quantitative estimate of drug-likeness (QED) is 0.0183. The molecule has 0 spiro atoms. The molecule has 0 radical (unpaired) electrons. The van der Waals surface area contributed by atoms with E-state index in [2.05, 4.69) is 120 Å². The van der Waals surface area contributed by atoms with E-state index >= 15 is 0 Å². The predicted octanol–water partition coefficient (Wildman–Crippen LogP) is 21.0. The number of aliphatic hydroxyl groups excluding tert-OH is 1. The van der Waals surface area contributed by atoms with Crippen molar-refractivity contribution in [3.05, 3.63) is 393 Å². The summed E-state index contributed by atoms with van der Waals surface area (Å²) >= 11 is 0. The maximum absolute atomic E-state index is 14.0. The zero-order valence-electron chi connectivity index (χ0n) is 82.5. The van der Waals surface area contributed by atoms with E-state index in [4.69, 9.17) is 24.1 Å². The van der Waals surface area contributed by atoms with Crippen LogP contribution in [0.4, 0.5) is 0 Å². The van der Waals surface area contributed by atoms with E-state index in [1.807, 2.05) is 221 Å². The molecule has 0 aliphatic heterocycles. The van der Waals surface area contributed by atoms with E-state index in [0.29, 0.717) is 41.6 Å². The number of fused-ring (bicyclic) bond motifs is 15. The monoisotopic (exact) mass is 1980 g/mol. The highest BCUT2D eigenvalue weighted by atomic mass is 16.6. The third-order valence-corrected chi connectivity index (χ3v) is 35.5.